The standard InChI is InChI=1S/C25H25F2N3O/c26-21-9-7-18(8-10-21)17-30-14-11-19(12-15-30)24(23-6-1-2-13-28-23)29-25(31)20-4-3-5-22(27)16-20/h1-10,13,16,19,24H,11-12,14-15,17H2,(H,29,31)/t24-/m1/s1. The lowest BCUT2D eigenvalue weighted by Crippen LogP contribution is -2.40. The zero-order valence-corrected chi connectivity index (χ0v) is 17.2. The molecule has 2 aromatic carbocycles. The Kier molecular flexibility index (Phi) is 6.67. The summed E-state index contributed by atoms with van der Waals surface area (Å²) < 4.78 is 26.7. The third-order valence-electron chi connectivity index (χ3n) is 5.80. The van der Waals surface area contributed by atoms with Crippen LogP contribution in [-0.4, -0.2) is 28.9 Å². The highest BCUT2D eigenvalue weighted by Gasteiger charge is 2.30. The molecule has 160 valence electrons. The maximum atomic E-state index is 13.6. The van der Waals surface area contributed by atoms with Crippen LogP contribution >= 0.6 is 0 Å². The summed E-state index contributed by atoms with van der Waals surface area (Å²) in [6.45, 7) is 2.53. The van der Waals surface area contributed by atoms with Gasteiger partial charge >= 0.3 is 0 Å². The van der Waals surface area contributed by atoms with Crippen molar-refractivity contribution in [2.75, 3.05) is 13.1 Å². The van der Waals surface area contributed by atoms with Gasteiger partial charge in [-0.1, -0.05) is 24.3 Å². The number of benzene rings is 2. The molecule has 6 heteroatoms. The molecule has 0 radical (unpaired) electrons. The molecule has 1 atom stereocenters. The molecule has 0 aliphatic carbocycles. The van der Waals surface area contributed by atoms with Gasteiger partial charge in [-0.2, -0.15) is 0 Å². The van der Waals surface area contributed by atoms with E-state index in [9.17, 15) is 13.6 Å². The number of hydrogen-bond donors (Lipinski definition) is 1. The number of rotatable bonds is 6. The van der Waals surface area contributed by atoms with Crippen LogP contribution < -0.4 is 5.32 Å². The molecular formula is C25H25F2N3O. The second kappa shape index (κ2) is 9.79. The molecule has 0 saturated carbocycles. The van der Waals surface area contributed by atoms with Crippen molar-refractivity contribution in [2.45, 2.75) is 25.4 Å². The Morgan fingerprint density at radius 1 is 1.00 bits per heavy atom. The molecule has 0 bridgehead atoms. The molecule has 31 heavy (non-hydrogen) atoms. The van der Waals surface area contributed by atoms with Gasteiger partial charge in [0.2, 0.25) is 0 Å². The largest absolute Gasteiger partial charge is 0.343 e. The van der Waals surface area contributed by atoms with Crippen molar-refractivity contribution in [3.05, 3.63) is 101 Å². The van der Waals surface area contributed by atoms with Crippen LogP contribution in [0.3, 0.4) is 0 Å². The van der Waals surface area contributed by atoms with E-state index in [1.807, 2.05) is 30.3 Å². The summed E-state index contributed by atoms with van der Waals surface area (Å²) >= 11 is 0. The first-order valence-corrected chi connectivity index (χ1v) is 10.5. The monoisotopic (exact) mass is 421 g/mol. The number of carbonyl (C=O) groups is 1. The number of amides is 1. The second-order valence-corrected chi connectivity index (χ2v) is 7.96. The van der Waals surface area contributed by atoms with E-state index in [0.717, 1.165) is 43.7 Å². The van der Waals surface area contributed by atoms with Crippen LogP contribution in [-0.2, 0) is 6.54 Å². The lowest BCUT2D eigenvalue weighted by atomic mass is 9.87. The molecule has 1 aromatic heterocycles. The van der Waals surface area contributed by atoms with Gasteiger partial charge < -0.3 is 5.32 Å². The zero-order valence-electron chi connectivity index (χ0n) is 17.2. The van der Waals surface area contributed by atoms with Gasteiger partial charge in [0, 0.05) is 18.3 Å². The number of nitrogens with one attached hydrogen (secondary N) is 1. The molecule has 1 aliphatic heterocycles. The number of halogens is 2. The van der Waals surface area contributed by atoms with E-state index in [4.69, 9.17) is 0 Å². The molecule has 1 saturated heterocycles. The summed E-state index contributed by atoms with van der Waals surface area (Å²) in [6.07, 6.45) is 3.51. The second-order valence-electron chi connectivity index (χ2n) is 7.96. The van der Waals surface area contributed by atoms with Gasteiger partial charge in [-0.25, -0.2) is 8.78 Å². The quantitative estimate of drug-likeness (QED) is 0.625. The summed E-state index contributed by atoms with van der Waals surface area (Å²) in [5.41, 5.74) is 2.19. The average molecular weight is 421 g/mol. The van der Waals surface area contributed by atoms with Crippen molar-refractivity contribution in [3.8, 4) is 0 Å². The minimum Gasteiger partial charge on any atom is -0.343 e. The lowest BCUT2D eigenvalue weighted by molar-refractivity contribution is 0.0888. The van der Waals surface area contributed by atoms with E-state index in [1.165, 1.54) is 30.3 Å². The van der Waals surface area contributed by atoms with Crippen molar-refractivity contribution in [1.29, 1.82) is 0 Å². The van der Waals surface area contributed by atoms with Crippen molar-refractivity contribution in [2.24, 2.45) is 5.92 Å². The average Bonchev–Trinajstić information content (AvgIpc) is 2.80. The van der Waals surface area contributed by atoms with Crippen LogP contribution in [0.5, 0.6) is 0 Å². The predicted octanol–water partition coefficient (Wildman–Crippen LogP) is 4.74. The van der Waals surface area contributed by atoms with Crippen LogP contribution in [0.4, 0.5) is 8.78 Å². The Morgan fingerprint density at radius 3 is 2.45 bits per heavy atom. The van der Waals surface area contributed by atoms with Gasteiger partial charge in [0.15, 0.2) is 0 Å². The van der Waals surface area contributed by atoms with E-state index < -0.39 is 5.82 Å². The van der Waals surface area contributed by atoms with Gasteiger partial charge in [-0.05, 0) is 79.9 Å². The van der Waals surface area contributed by atoms with Crippen molar-refractivity contribution < 1.29 is 13.6 Å². The Morgan fingerprint density at radius 2 is 1.77 bits per heavy atom. The minimum atomic E-state index is -0.434. The van der Waals surface area contributed by atoms with E-state index >= 15 is 0 Å². The molecule has 4 nitrogen and oxygen atoms in total. The van der Waals surface area contributed by atoms with Gasteiger partial charge in [-0.15, -0.1) is 0 Å². The fourth-order valence-corrected chi connectivity index (χ4v) is 4.14. The van der Waals surface area contributed by atoms with Gasteiger partial charge in [0.1, 0.15) is 11.6 Å². The number of hydrogen-bond acceptors (Lipinski definition) is 3. The van der Waals surface area contributed by atoms with Gasteiger partial charge in [-0.3, -0.25) is 14.7 Å². The van der Waals surface area contributed by atoms with Crippen LogP contribution in [0.1, 0.15) is 40.5 Å². The lowest BCUT2D eigenvalue weighted by Gasteiger charge is -2.36. The highest BCUT2D eigenvalue weighted by Crippen LogP contribution is 2.31. The molecule has 0 unspecified atom stereocenters. The fraction of sp³-hybridized carbons (Fsp3) is 0.280. The highest BCUT2D eigenvalue weighted by molar-refractivity contribution is 5.94. The summed E-state index contributed by atoms with van der Waals surface area (Å²) in [6, 6.07) is 17.8. The number of piperidine rings is 1. The summed E-state index contributed by atoms with van der Waals surface area (Å²) in [4.78, 5) is 19.6. The molecule has 3 aromatic rings. The first-order valence-electron chi connectivity index (χ1n) is 10.5. The van der Waals surface area contributed by atoms with Crippen molar-refractivity contribution in [3.63, 3.8) is 0 Å². The van der Waals surface area contributed by atoms with E-state index in [1.54, 1.807) is 12.3 Å². The maximum Gasteiger partial charge on any atom is 0.251 e. The fourth-order valence-electron chi connectivity index (χ4n) is 4.14. The summed E-state index contributed by atoms with van der Waals surface area (Å²) in [5, 5.41) is 3.09. The molecule has 4 rings (SSSR count). The highest BCUT2D eigenvalue weighted by atomic mass is 19.1. The predicted molar refractivity (Wildman–Crippen MR) is 115 cm³/mol. The van der Waals surface area contributed by atoms with E-state index in [2.05, 4.69) is 15.2 Å². The number of nitrogens with zero attached hydrogens (tertiary/aromatic N) is 2. The summed E-state index contributed by atoms with van der Waals surface area (Å²) in [7, 11) is 0. The number of likely N-dealkylation sites (tertiary alicyclic amines) is 1. The first kappa shape index (κ1) is 21.1. The van der Waals surface area contributed by atoms with Crippen LogP contribution in [0.2, 0.25) is 0 Å². The normalized spacial score (nSPS) is 16.1. The number of pyridine rings is 1. The molecule has 1 aliphatic rings. The zero-order chi connectivity index (χ0) is 21.6. The van der Waals surface area contributed by atoms with Crippen LogP contribution in [0.25, 0.3) is 0 Å². The number of aromatic nitrogens is 1. The van der Waals surface area contributed by atoms with Gasteiger partial charge in [0.05, 0.1) is 11.7 Å². The Bertz CT molecular complexity index is 1000. The first-order chi connectivity index (χ1) is 15.1. The van der Waals surface area contributed by atoms with E-state index in [0.29, 0.717) is 5.56 Å². The molecule has 0 spiro atoms. The molecular weight excluding hydrogens is 396 g/mol. The van der Waals surface area contributed by atoms with E-state index in [-0.39, 0.29) is 23.7 Å². The molecule has 1 N–H and O–H groups in total. The molecule has 1 fully saturated rings. The summed E-state index contributed by atoms with van der Waals surface area (Å²) in [5.74, 6) is -0.744. The van der Waals surface area contributed by atoms with Crippen LogP contribution in [0, 0.1) is 17.6 Å². The maximum absolute atomic E-state index is 13.6. The van der Waals surface area contributed by atoms with Gasteiger partial charge in [0.25, 0.3) is 5.91 Å². The third-order valence-corrected chi connectivity index (χ3v) is 5.80. The topological polar surface area (TPSA) is 45.2 Å². The third kappa shape index (κ3) is 5.52. The van der Waals surface area contributed by atoms with Crippen molar-refractivity contribution in [1.82, 2.24) is 15.2 Å². The smallest absolute Gasteiger partial charge is 0.251 e. The Labute approximate surface area is 180 Å². The Hall–Kier alpha value is -3.12. The van der Waals surface area contributed by atoms with Crippen LogP contribution in [0.15, 0.2) is 72.9 Å². The SMILES string of the molecule is O=C(N[C@@H](c1ccccn1)C1CCN(Cc2ccc(F)cc2)CC1)c1cccc(F)c1. The molecule has 1 amide bonds. The molecule has 2 heterocycles. The van der Waals surface area contributed by atoms with Crippen molar-refractivity contribution >= 4 is 5.91 Å². The Balaban J connectivity index is 1.44. The minimum absolute atomic E-state index is 0.219. The number of carbonyl (C=O) groups excluding carboxylic acids is 1.